The Kier molecular flexibility index (Phi) is 4.04. The van der Waals surface area contributed by atoms with Gasteiger partial charge < -0.3 is 10.1 Å². The molecule has 2 nitrogen and oxygen atoms in total. The van der Waals surface area contributed by atoms with Gasteiger partial charge >= 0.3 is 0 Å². The van der Waals surface area contributed by atoms with Gasteiger partial charge in [0.25, 0.3) is 0 Å². The fraction of sp³-hybridized carbons (Fsp3) is 0.143. The molecular formula is C14H14BrNO. The van der Waals surface area contributed by atoms with E-state index in [-0.39, 0.29) is 0 Å². The minimum Gasteiger partial charge on any atom is -0.497 e. The number of hydrogen-bond donors (Lipinski definition) is 1. The second-order valence-corrected chi connectivity index (χ2v) is 4.63. The number of nitrogens with one attached hydrogen (secondary N) is 1. The largest absolute Gasteiger partial charge is 0.497 e. The Labute approximate surface area is 110 Å². The van der Waals surface area contributed by atoms with Crippen molar-refractivity contribution < 1.29 is 4.74 Å². The van der Waals surface area contributed by atoms with Gasteiger partial charge in [0.15, 0.2) is 0 Å². The molecule has 1 N–H and O–H groups in total. The maximum atomic E-state index is 5.12. The predicted octanol–water partition coefficient (Wildman–Crippen LogP) is 4.07. The zero-order valence-electron chi connectivity index (χ0n) is 9.61. The Bertz CT molecular complexity index is 482. The quantitative estimate of drug-likeness (QED) is 0.917. The molecule has 0 aliphatic heterocycles. The zero-order valence-corrected chi connectivity index (χ0v) is 11.2. The Hall–Kier alpha value is -1.48. The first-order valence-electron chi connectivity index (χ1n) is 5.40. The highest BCUT2D eigenvalue weighted by Gasteiger charge is 1.96. The highest BCUT2D eigenvalue weighted by Crippen LogP contribution is 2.17. The molecule has 0 unspecified atom stereocenters. The summed E-state index contributed by atoms with van der Waals surface area (Å²) in [4.78, 5) is 0. The Morgan fingerprint density at radius 3 is 2.53 bits per heavy atom. The van der Waals surface area contributed by atoms with Crippen LogP contribution in [0.25, 0.3) is 0 Å². The van der Waals surface area contributed by atoms with E-state index in [1.54, 1.807) is 7.11 Å². The van der Waals surface area contributed by atoms with Crippen LogP contribution in [0.2, 0.25) is 0 Å². The third-order valence-electron chi connectivity index (χ3n) is 2.48. The molecule has 0 atom stereocenters. The molecule has 0 saturated heterocycles. The van der Waals surface area contributed by atoms with Crippen LogP contribution in [-0.2, 0) is 6.54 Å². The van der Waals surface area contributed by atoms with E-state index >= 15 is 0 Å². The first-order chi connectivity index (χ1) is 8.28. The van der Waals surface area contributed by atoms with Gasteiger partial charge in [-0.15, -0.1) is 0 Å². The van der Waals surface area contributed by atoms with E-state index in [1.807, 2.05) is 30.3 Å². The minimum atomic E-state index is 0.806. The van der Waals surface area contributed by atoms with Crippen molar-refractivity contribution in [2.75, 3.05) is 12.4 Å². The zero-order chi connectivity index (χ0) is 12.1. The van der Waals surface area contributed by atoms with Gasteiger partial charge in [-0.1, -0.05) is 34.1 Å². The van der Waals surface area contributed by atoms with Crippen LogP contribution >= 0.6 is 15.9 Å². The Morgan fingerprint density at radius 1 is 1.12 bits per heavy atom. The average Bonchev–Trinajstić information content (AvgIpc) is 2.37. The lowest BCUT2D eigenvalue weighted by atomic mass is 10.2. The van der Waals surface area contributed by atoms with Crippen molar-refractivity contribution >= 4 is 21.6 Å². The smallest absolute Gasteiger partial charge is 0.118 e. The molecule has 88 valence electrons. The average molecular weight is 292 g/mol. The molecule has 2 rings (SSSR count). The van der Waals surface area contributed by atoms with Gasteiger partial charge in [-0.25, -0.2) is 0 Å². The molecule has 0 heterocycles. The summed E-state index contributed by atoms with van der Waals surface area (Å²) in [6.45, 7) is 0.806. The maximum absolute atomic E-state index is 5.12. The van der Waals surface area contributed by atoms with Crippen molar-refractivity contribution in [3.63, 3.8) is 0 Å². The molecule has 0 saturated carbocycles. The van der Waals surface area contributed by atoms with Crippen LogP contribution in [0.3, 0.4) is 0 Å². The van der Waals surface area contributed by atoms with Gasteiger partial charge in [-0.05, 0) is 35.9 Å². The lowest BCUT2D eigenvalue weighted by molar-refractivity contribution is 0.414. The van der Waals surface area contributed by atoms with Gasteiger partial charge in [0.1, 0.15) is 5.75 Å². The van der Waals surface area contributed by atoms with E-state index in [1.165, 1.54) is 5.56 Å². The maximum Gasteiger partial charge on any atom is 0.118 e. The van der Waals surface area contributed by atoms with Crippen molar-refractivity contribution in [1.82, 2.24) is 0 Å². The molecule has 17 heavy (non-hydrogen) atoms. The van der Waals surface area contributed by atoms with Crippen LogP contribution < -0.4 is 10.1 Å². The molecule has 3 heteroatoms. The number of benzene rings is 2. The summed E-state index contributed by atoms with van der Waals surface area (Å²) in [5.41, 5.74) is 2.33. The topological polar surface area (TPSA) is 21.3 Å². The van der Waals surface area contributed by atoms with Crippen LogP contribution in [-0.4, -0.2) is 7.11 Å². The SMILES string of the molecule is COc1ccc(CNc2cccc(Br)c2)cc1. The first kappa shape index (κ1) is 12.0. The number of hydrogen-bond acceptors (Lipinski definition) is 2. The summed E-state index contributed by atoms with van der Waals surface area (Å²) in [5.74, 6) is 0.885. The molecule has 0 fully saturated rings. The fourth-order valence-corrected chi connectivity index (χ4v) is 1.95. The molecule has 2 aromatic rings. The molecule has 2 aromatic carbocycles. The van der Waals surface area contributed by atoms with E-state index < -0.39 is 0 Å². The third-order valence-corrected chi connectivity index (χ3v) is 2.97. The summed E-state index contributed by atoms with van der Waals surface area (Å²) >= 11 is 3.45. The van der Waals surface area contributed by atoms with Crippen LogP contribution in [0.4, 0.5) is 5.69 Å². The molecule has 0 aliphatic rings. The molecular weight excluding hydrogens is 278 g/mol. The lowest BCUT2D eigenvalue weighted by Crippen LogP contribution is -1.99. The van der Waals surface area contributed by atoms with Gasteiger partial charge in [0.05, 0.1) is 7.11 Å². The Morgan fingerprint density at radius 2 is 1.88 bits per heavy atom. The normalized spacial score (nSPS) is 10.0. The van der Waals surface area contributed by atoms with Crippen molar-refractivity contribution in [3.8, 4) is 5.75 Å². The highest BCUT2D eigenvalue weighted by atomic mass is 79.9. The van der Waals surface area contributed by atoms with Crippen LogP contribution in [0, 0.1) is 0 Å². The van der Waals surface area contributed by atoms with Gasteiger partial charge in [-0.3, -0.25) is 0 Å². The fourth-order valence-electron chi connectivity index (χ4n) is 1.55. The van der Waals surface area contributed by atoms with Crippen LogP contribution in [0.15, 0.2) is 53.0 Å². The molecule has 0 bridgehead atoms. The van der Waals surface area contributed by atoms with E-state index in [0.29, 0.717) is 0 Å². The first-order valence-corrected chi connectivity index (χ1v) is 6.19. The number of halogens is 1. The van der Waals surface area contributed by atoms with Crippen LogP contribution in [0.1, 0.15) is 5.56 Å². The monoisotopic (exact) mass is 291 g/mol. The van der Waals surface area contributed by atoms with Gasteiger partial charge in [0, 0.05) is 16.7 Å². The van der Waals surface area contributed by atoms with E-state index in [4.69, 9.17) is 4.74 Å². The van der Waals surface area contributed by atoms with Crippen LogP contribution in [0.5, 0.6) is 5.75 Å². The predicted molar refractivity (Wildman–Crippen MR) is 74.5 cm³/mol. The Balaban J connectivity index is 1.97. The summed E-state index contributed by atoms with van der Waals surface area (Å²) in [5, 5.41) is 3.37. The van der Waals surface area contributed by atoms with Crippen molar-refractivity contribution in [1.29, 1.82) is 0 Å². The third kappa shape index (κ3) is 3.49. The van der Waals surface area contributed by atoms with E-state index in [0.717, 1.165) is 22.5 Å². The van der Waals surface area contributed by atoms with Gasteiger partial charge in [-0.2, -0.15) is 0 Å². The summed E-state index contributed by atoms with van der Waals surface area (Å²) in [6, 6.07) is 16.2. The lowest BCUT2D eigenvalue weighted by Gasteiger charge is -2.07. The second kappa shape index (κ2) is 5.73. The highest BCUT2D eigenvalue weighted by molar-refractivity contribution is 9.10. The summed E-state index contributed by atoms with van der Waals surface area (Å²) in [6.07, 6.45) is 0. The standard InChI is InChI=1S/C14H14BrNO/c1-17-14-7-5-11(6-8-14)10-16-13-4-2-3-12(15)9-13/h2-9,16H,10H2,1H3. The number of rotatable bonds is 4. The summed E-state index contributed by atoms with van der Waals surface area (Å²) < 4.78 is 6.20. The van der Waals surface area contributed by atoms with Crippen molar-refractivity contribution in [2.45, 2.75) is 6.54 Å². The minimum absolute atomic E-state index is 0.806. The molecule has 0 aliphatic carbocycles. The second-order valence-electron chi connectivity index (χ2n) is 3.71. The molecule has 0 radical (unpaired) electrons. The van der Waals surface area contributed by atoms with E-state index in [9.17, 15) is 0 Å². The number of ether oxygens (including phenoxy) is 1. The number of anilines is 1. The summed E-state index contributed by atoms with van der Waals surface area (Å²) in [7, 11) is 1.68. The molecule has 0 spiro atoms. The van der Waals surface area contributed by atoms with Crippen molar-refractivity contribution in [3.05, 3.63) is 58.6 Å². The molecule has 0 aromatic heterocycles. The van der Waals surface area contributed by atoms with E-state index in [2.05, 4.69) is 39.4 Å². The number of methoxy groups -OCH3 is 1. The molecule has 0 amide bonds. The van der Waals surface area contributed by atoms with Gasteiger partial charge in [0.2, 0.25) is 0 Å². The van der Waals surface area contributed by atoms with Crippen molar-refractivity contribution in [2.24, 2.45) is 0 Å².